The van der Waals surface area contributed by atoms with E-state index in [1.807, 2.05) is 11.8 Å². The maximum atomic E-state index is 14.0. The van der Waals surface area contributed by atoms with Gasteiger partial charge in [-0.05, 0) is 37.1 Å². The molecule has 0 bridgehead atoms. The van der Waals surface area contributed by atoms with Crippen molar-refractivity contribution in [3.63, 3.8) is 0 Å². The fourth-order valence-corrected chi connectivity index (χ4v) is 4.57. The lowest BCUT2D eigenvalue weighted by molar-refractivity contribution is -0.137. The Morgan fingerprint density at radius 2 is 1.87 bits per heavy atom. The van der Waals surface area contributed by atoms with Crippen molar-refractivity contribution in [2.75, 3.05) is 36.4 Å². The van der Waals surface area contributed by atoms with Crippen LogP contribution >= 0.6 is 0 Å². The van der Waals surface area contributed by atoms with Crippen LogP contribution in [0.25, 0.3) is 22.4 Å². The number of para-hydroxylation sites is 1. The van der Waals surface area contributed by atoms with E-state index in [1.165, 1.54) is 24.3 Å². The molecular formula is C27H26F4N6O2. The van der Waals surface area contributed by atoms with Gasteiger partial charge in [0.1, 0.15) is 28.5 Å². The number of halogens is 4. The third kappa shape index (κ3) is 5.64. The molecule has 1 aliphatic rings. The van der Waals surface area contributed by atoms with Crippen LogP contribution in [0.3, 0.4) is 0 Å². The lowest BCUT2D eigenvalue weighted by Crippen LogP contribution is -2.38. The first-order chi connectivity index (χ1) is 18.7. The van der Waals surface area contributed by atoms with E-state index in [2.05, 4.69) is 15.5 Å². The lowest BCUT2D eigenvalue weighted by Gasteiger charge is -2.24. The summed E-state index contributed by atoms with van der Waals surface area (Å²) in [5, 5.41) is 7.11. The predicted molar refractivity (Wildman–Crippen MR) is 138 cm³/mol. The van der Waals surface area contributed by atoms with E-state index in [0.29, 0.717) is 56.0 Å². The molecule has 1 fully saturated rings. The standard InChI is InChI=1S/C27H26F4N6O2/c1-2-7-21-33-24(22-23(35-39-25(22)34-21)17-8-5-9-18(16-17)27(29,30)31)36-12-6-13-37(15-14-36)26(38)32-20-11-4-3-10-19(20)28/h3-5,8-11,16H,2,6-7,12-15H2,1H3,(H,32,38). The van der Waals surface area contributed by atoms with E-state index in [1.54, 1.807) is 17.0 Å². The van der Waals surface area contributed by atoms with Crippen LogP contribution in [0.5, 0.6) is 0 Å². The first-order valence-electron chi connectivity index (χ1n) is 12.6. The van der Waals surface area contributed by atoms with Crippen LogP contribution in [-0.4, -0.2) is 52.2 Å². The van der Waals surface area contributed by atoms with Crippen LogP contribution in [0.4, 0.5) is 33.9 Å². The van der Waals surface area contributed by atoms with E-state index < -0.39 is 23.6 Å². The van der Waals surface area contributed by atoms with Crippen LogP contribution in [0.2, 0.25) is 0 Å². The monoisotopic (exact) mass is 542 g/mol. The van der Waals surface area contributed by atoms with Crippen molar-refractivity contribution in [2.24, 2.45) is 0 Å². The Bertz CT molecular complexity index is 1490. The van der Waals surface area contributed by atoms with Gasteiger partial charge in [-0.25, -0.2) is 14.2 Å². The zero-order valence-corrected chi connectivity index (χ0v) is 21.1. The lowest BCUT2D eigenvalue weighted by atomic mass is 10.1. The second kappa shape index (κ2) is 10.9. The number of benzene rings is 2. The van der Waals surface area contributed by atoms with Gasteiger partial charge >= 0.3 is 12.2 Å². The topological polar surface area (TPSA) is 87.4 Å². The number of nitrogens with zero attached hydrogens (tertiary/aromatic N) is 5. The Morgan fingerprint density at radius 1 is 1.05 bits per heavy atom. The Hall–Kier alpha value is -4.22. The Balaban J connectivity index is 1.46. The van der Waals surface area contributed by atoms with Gasteiger partial charge in [0, 0.05) is 38.2 Å². The molecule has 1 saturated heterocycles. The van der Waals surface area contributed by atoms with Gasteiger partial charge < -0.3 is 19.6 Å². The first kappa shape index (κ1) is 26.4. The Morgan fingerprint density at radius 3 is 2.64 bits per heavy atom. The van der Waals surface area contributed by atoms with Crippen LogP contribution in [0.15, 0.2) is 53.1 Å². The summed E-state index contributed by atoms with van der Waals surface area (Å²) >= 11 is 0. The van der Waals surface area contributed by atoms with Gasteiger partial charge in [-0.2, -0.15) is 18.2 Å². The highest BCUT2D eigenvalue weighted by Crippen LogP contribution is 2.37. The van der Waals surface area contributed by atoms with E-state index in [4.69, 9.17) is 9.51 Å². The smallest absolute Gasteiger partial charge is 0.354 e. The highest BCUT2D eigenvalue weighted by molar-refractivity contribution is 5.98. The van der Waals surface area contributed by atoms with Crippen molar-refractivity contribution in [1.29, 1.82) is 0 Å². The molecule has 0 atom stereocenters. The predicted octanol–water partition coefficient (Wildman–Crippen LogP) is 6.14. The summed E-state index contributed by atoms with van der Waals surface area (Å²) < 4.78 is 59.7. The minimum atomic E-state index is -4.51. The molecule has 39 heavy (non-hydrogen) atoms. The largest absolute Gasteiger partial charge is 0.416 e. The molecule has 1 aliphatic heterocycles. The van der Waals surface area contributed by atoms with Crippen LogP contribution in [0, 0.1) is 5.82 Å². The molecular weight excluding hydrogens is 516 g/mol. The van der Waals surface area contributed by atoms with Crippen molar-refractivity contribution < 1.29 is 26.9 Å². The number of aromatic nitrogens is 3. The molecule has 5 rings (SSSR count). The fourth-order valence-electron chi connectivity index (χ4n) is 4.57. The number of fused-ring (bicyclic) bond motifs is 1. The molecule has 204 valence electrons. The summed E-state index contributed by atoms with van der Waals surface area (Å²) in [6, 6.07) is 10.4. The van der Waals surface area contributed by atoms with E-state index in [9.17, 15) is 22.4 Å². The van der Waals surface area contributed by atoms with Gasteiger partial charge in [-0.1, -0.05) is 36.3 Å². The third-order valence-corrected chi connectivity index (χ3v) is 6.50. The maximum Gasteiger partial charge on any atom is 0.416 e. The number of rotatable bonds is 5. The molecule has 1 N–H and O–H groups in total. The van der Waals surface area contributed by atoms with Crippen molar-refractivity contribution in [3.8, 4) is 11.3 Å². The number of urea groups is 1. The summed E-state index contributed by atoms with van der Waals surface area (Å²) in [6.07, 6.45) is -2.57. The molecule has 0 spiro atoms. The number of aryl methyl sites for hydroxylation is 1. The molecule has 8 nitrogen and oxygen atoms in total. The number of carbonyl (C=O) groups is 1. The fraction of sp³-hybridized carbons (Fsp3) is 0.333. The average molecular weight is 543 g/mol. The average Bonchev–Trinajstić information content (AvgIpc) is 3.18. The molecule has 2 aromatic carbocycles. The van der Waals surface area contributed by atoms with Crippen molar-refractivity contribution in [3.05, 3.63) is 65.7 Å². The van der Waals surface area contributed by atoms with Gasteiger partial charge in [-0.3, -0.25) is 0 Å². The molecule has 0 radical (unpaired) electrons. The first-order valence-corrected chi connectivity index (χ1v) is 12.6. The van der Waals surface area contributed by atoms with E-state index >= 15 is 0 Å². The number of amides is 2. The summed E-state index contributed by atoms with van der Waals surface area (Å²) in [7, 11) is 0. The van der Waals surface area contributed by atoms with Gasteiger partial charge in [-0.15, -0.1) is 0 Å². The van der Waals surface area contributed by atoms with Gasteiger partial charge in [0.05, 0.1) is 11.3 Å². The highest BCUT2D eigenvalue weighted by atomic mass is 19.4. The Kier molecular flexibility index (Phi) is 7.36. The van der Waals surface area contributed by atoms with Crippen molar-refractivity contribution in [1.82, 2.24) is 20.0 Å². The molecule has 2 amide bonds. The number of hydrogen-bond donors (Lipinski definition) is 1. The summed E-state index contributed by atoms with van der Waals surface area (Å²) in [6.45, 7) is 3.64. The second-order valence-electron chi connectivity index (χ2n) is 9.24. The highest BCUT2D eigenvalue weighted by Gasteiger charge is 2.32. The van der Waals surface area contributed by atoms with Crippen LogP contribution in [-0.2, 0) is 12.6 Å². The summed E-state index contributed by atoms with van der Waals surface area (Å²) in [4.78, 5) is 25.6. The third-order valence-electron chi connectivity index (χ3n) is 6.50. The zero-order chi connectivity index (χ0) is 27.6. The molecule has 12 heteroatoms. The maximum absolute atomic E-state index is 14.0. The van der Waals surface area contributed by atoms with Crippen LogP contribution in [0.1, 0.15) is 31.2 Å². The van der Waals surface area contributed by atoms with E-state index in [-0.39, 0.29) is 22.7 Å². The van der Waals surface area contributed by atoms with Gasteiger partial charge in [0.2, 0.25) is 0 Å². The zero-order valence-electron chi connectivity index (χ0n) is 21.1. The van der Waals surface area contributed by atoms with Gasteiger partial charge in [0.25, 0.3) is 5.71 Å². The van der Waals surface area contributed by atoms with Crippen molar-refractivity contribution in [2.45, 2.75) is 32.4 Å². The van der Waals surface area contributed by atoms with Crippen molar-refractivity contribution >= 4 is 28.6 Å². The van der Waals surface area contributed by atoms with Gasteiger partial charge in [0.15, 0.2) is 0 Å². The number of anilines is 2. The number of hydrogen-bond acceptors (Lipinski definition) is 6. The second-order valence-corrected chi connectivity index (χ2v) is 9.24. The quantitative estimate of drug-likeness (QED) is 0.305. The minimum Gasteiger partial charge on any atom is -0.354 e. The molecule has 2 aromatic heterocycles. The number of nitrogens with one attached hydrogen (secondary N) is 1. The summed E-state index contributed by atoms with van der Waals surface area (Å²) in [5.74, 6) is 0.502. The SMILES string of the molecule is CCCc1nc(N2CCCN(C(=O)Nc3ccccc3F)CC2)c2c(-c3cccc(C(F)(F)F)c3)noc2n1. The number of alkyl halides is 3. The van der Waals surface area contributed by atoms with Crippen LogP contribution < -0.4 is 10.2 Å². The number of carbonyl (C=O) groups excluding carboxylic acids is 1. The Labute approximate surface area is 221 Å². The molecule has 3 heterocycles. The molecule has 0 saturated carbocycles. The molecule has 4 aromatic rings. The molecule has 0 aliphatic carbocycles. The molecule has 0 unspecified atom stereocenters. The minimum absolute atomic E-state index is 0.0977. The summed E-state index contributed by atoms with van der Waals surface area (Å²) in [5.41, 5.74) is -0.0628. The van der Waals surface area contributed by atoms with E-state index in [0.717, 1.165) is 18.6 Å². The normalized spacial score (nSPS) is 14.5.